The molecule has 328 valence electrons. The molecular formula is C48H82O7S2. The predicted octanol–water partition coefficient (Wildman–Crippen LogP) is 15.6. The SMILES string of the molecule is CCCCCCCCCCCCCCCCCCc1ccc(S(=O)(=O)O)c(Oc2cc(CCCCCCCCCCCCCCCCCC)ccc2S(=O)(=O)O)c1. The van der Waals surface area contributed by atoms with Gasteiger partial charge in [-0.05, 0) is 61.1 Å². The molecule has 0 aliphatic carbocycles. The Balaban J connectivity index is 1.77. The largest absolute Gasteiger partial charge is 0.454 e. The minimum atomic E-state index is -4.66. The van der Waals surface area contributed by atoms with Gasteiger partial charge in [-0.25, -0.2) is 0 Å². The Morgan fingerprint density at radius 2 is 0.596 bits per heavy atom. The third kappa shape index (κ3) is 25.3. The summed E-state index contributed by atoms with van der Waals surface area (Å²) in [6.45, 7) is 4.53. The van der Waals surface area contributed by atoms with Crippen LogP contribution in [0.25, 0.3) is 0 Å². The molecule has 0 aliphatic rings. The van der Waals surface area contributed by atoms with Crippen molar-refractivity contribution in [2.24, 2.45) is 0 Å². The molecule has 0 fully saturated rings. The normalized spacial score (nSPS) is 12.1. The third-order valence-corrected chi connectivity index (χ3v) is 13.2. The fourth-order valence-corrected chi connectivity index (χ4v) is 9.06. The fraction of sp³-hybridized carbons (Fsp3) is 0.750. The van der Waals surface area contributed by atoms with Crippen molar-refractivity contribution < 1.29 is 30.7 Å². The van der Waals surface area contributed by atoms with Gasteiger partial charge in [0.1, 0.15) is 21.3 Å². The molecule has 0 bridgehead atoms. The molecule has 57 heavy (non-hydrogen) atoms. The Hall–Kier alpha value is -1.94. The van der Waals surface area contributed by atoms with Crippen molar-refractivity contribution in [2.75, 3.05) is 0 Å². The van der Waals surface area contributed by atoms with Crippen LogP contribution in [-0.4, -0.2) is 25.9 Å². The van der Waals surface area contributed by atoms with Crippen molar-refractivity contribution in [1.29, 1.82) is 0 Å². The average Bonchev–Trinajstić information content (AvgIpc) is 3.17. The van der Waals surface area contributed by atoms with E-state index < -0.39 is 30.0 Å². The van der Waals surface area contributed by atoms with E-state index in [0.717, 1.165) is 49.7 Å². The summed E-state index contributed by atoms with van der Waals surface area (Å²) >= 11 is 0. The summed E-state index contributed by atoms with van der Waals surface area (Å²) in [5.74, 6) is -0.313. The molecule has 0 aromatic heterocycles. The molecule has 0 saturated carbocycles. The molecule has 0 unspecified atom stereocenters. The molecule has 0 aliphatic heterocycles. The average molecular weight is 835 g/mol. The number of ether oxygens (including phenoxy) is 1. The number of aryl methyl sites for hydroxylation is 2. The number of rotatable bonds is 38. The van der Waals surface area contributed by atoms with E-state index in [1.165, 1.54) is 179 Å². The summed E-state index contributed by atoms with van der Waals surface area (Å²) < 4.78 is 75.1. The van der Waals surface area contributed by atoms with Crippen molar-refractivity contribution in [1.82, 2.24) is 0 Å². The monoisotopic (exact) mass is 835 g/mol. The summed E-state index contributed by atoms with van der Waals surface area (Å²) in [6, 6.07) is 9.06. The van der Waals surface area contributed by atoms with Crippen molar-refractivity contribution in [3.63, 3.8) is 0 Å². The summed E-state index contributed by atoms with van der Waals surface area (Å²) in [5, 5.41) is 0. The highest BCUT2D eigenvalue weighted by atomic mass is 32.2. The van der Waals surface area contributed by atoms with E-state index in [0.29, 0.717) is 12.8 Å². The van der Waals surface area contributed by atoms with Gasteiger partial charge in [-0.15, -0.1) is 0 Å². The Morgan fingerprint density at radius 3 is 0.825 bits per heavy atom. The first-order chi connectivity index (χ1) is 27.6. The minimum Gasteiger partial charge on any atom is -0.454 e. The topological polar surface area (TPSA) is 118 Å². The van der Waals surface area contributed by atoms with Crippen LogP contribution in [0.2, 0.25) is 0 Å². The summed E-state index contributed by atoms with van der Waals surface area (Å²) in [4.78, 5) is -0.884. The number of unbranched alkanes of at least 4 members (excludes halogenated alkanes) is 30. The summed E-state index contributed by atoms with van der Waals surface area (Å²) in [5.41, 5.74) is 1.67. The van der Waals surface area contributed by atoms with Crippen LogP contribution in [0.1, 0.15) is 230 Å². The molecule has 0 amide bonds. The molecule has 0 saturated heterocycles. The second kappa shape index (κ2) is 31.9. The van der Waals surface area contributed by atoms with Crippen molar-refractivity contribution >= 4 is 20.2 Å². The van der Waals surface area contributed by atoms with Gasteiger partial charge in [0.05, 0.1) is 0 Å². The van der Waals surface area contributed by atoms with Gasteiger partial charge in [0.2, 0.25) is 0 Å². The highest BCUT2D eigenvalue weighted by molar-refractivity contribution is 7.86. The Bertz CT molecular complexity index is 1410. The smallest absolute Gasteiger partial charge is 0.298 e. The molecule has 2 aromatic carbocycles. The van der Waals surface area contributed by atoms with E-state index in [1.54, 1.807) is 24.3 Å². The lowest BCUT2D eigenvalue weighted by molar-refractivity contribution is 0.433. The van der Waals surface area contributed by atoms with Crippen molar-refractivity contribution in [3.05, 3.63) is 47.5 Å². The molecule has 9 heteroatoms. The van der Waals surface area contributed by atoms with Gasteiger partial charge in [-0.3, -0.25) is 9.11 Å². The quantitative estimate of drug-likeness (QED) is 0.0511. The first-order valence-electron chi connectivity index (χ1n) is 23.4. The maximum atomic E-state index is 12.3. The van der Waals surface area contributed by atoms with Gasteiger partial charge in [0, 0.05) is 0 Å². The fourth-order valence-electron chi connectivity index (χ4n) is 7.87. The molecule has 0 heterocycles. The summed E-state index contributed by atoms with van der Waals surface area (Å²) in [7, 11) is -9.31. The van der Waals surface area contributed by atoms with E-state index in [9.17, 15) is 25.9 Å². The van der Waals surface area contributed by atoms with Crippen molar-refractivity contribution in [2.45, 2.75) is 242 Å². The van der Waals surface area contributed by atoms with Crippen LogP contribution in [0.15, 0.2) is 46.2 Å². The second-order valence-corrected chi connectivity index (χ2v) is 19.5. The number of hydrogen-bond donors (Lipinski definition) is 2. The van der Waals surface area contributed by atoms with Crippen molar-refractivity contribution in [3.8, 4) is 11.5 Å². The van der Waals surface area contributed by atoms with E-state index in [1.807, 2.05) is 0 Å². The molecule has 2 N–H and O–H groups in total. The number of benzene rings is 2. The molecular weight excluding hydrogens is 753 g/mol. The Labute approximate surface area is 350 Å². The van der Waals surface area contributed by atoms with E-state index in [4.69, 9.17) is 4.74 Å². The third-order valence-electron chi connectivity index (χ3n) is 11.4. The van der Waals surface area contributed by atoms with E-state index in [-0.39, 0.29) is 11.5 Å². The van der Waals surface area contributed by atoms with Crippen LogP contribution in [0, 0.1) is 0 Å². The zero-order valence-corrected chi connectivity index (χ0v) is 37.9. The molecule has 2 aromatic rings. The highest BCUT2D eigenvalue weighted by Crippen LogP contribution is 2.35. The van der Waals surface area contributed by atoms with Gasteiger partial charge < -0.3 is 4.74 Å². The lowest BCUT2D eigenvalue weighted by Crippen LogP contribution is -2.05. The van der Waals surface area contributed by atoms with E-state index >= 15 is 0 Å². The Kier molecular flexibility index (Phi) is 28.7. The molecule has 2 rings (SSSR count). The summed E-state index contributed by atoms with van der Waals surface area (Å²) in [6.07, 6.45) is 42.4. The highest BCUT2D eigenvalue weighted by Gasteiger charge is 2.23. The molecule has 0 spiro atoms. The van der Waals surface area contributed by atoms with Gasteiger partial charge in [-0.2, -0.15) is 16.8 Å². The van der Waals surface area contributed by atoms with Gasteiger partial charge in [-0.1, -0.05) is 219 Å². The molecule has 0 atom stereocenters. The second-order valence-electron chi connectivity index (χ2n) is 16.7. The zero-order valence-electron chi connectivity index (χ0n) is 36.3. The molecule has 7 nitrogen and oxygen atoms in total. The first kappa shape index (κ1) is 51.2. The first-order valence-corrected chi connectivity index (χ1v) is 26.3. The Morgan fingerprint density at radius 1 is 0.368 bits per heavy atom. The maximum absolute atomic E-state index is 12.3. The zero-order chi connectivity index (χ0) is 41.5. The maximum Gasteiger partial charge on any atom is 0.298 e. The van der Waals surface area contributed by atoms with Gasteiger partial charge in [0.15, 0.2) is 0 Å². The molecule has 0 radical (unpaired) electrons. The van der Waals surface area contributed by atoms with Crippen LogP contribution in [0.5, 0.6) is 11.5 Å². The predicted molar refractivity (Wildman–Crippen MR) is 239 cm³/mol. The van der Waals surface area contributed by atoms with Gasteiger partial charge in [0.25, 0.3) is 20.2 Å². The minimum absolute atomic E-state index is 0.157. The van der Waals surface area contributed by atoms with Crippen LogP contribution < -0.4 is 4.74 Å². The van der Waals surface area contributed by atoms with Crippen LogP contribution in [0.3, 0.4) is 0 Å². The van der Waals surface area contributed by atoms with Crippen LogP contribution >= 0.6 is 0 Å². The van der Waals surface area contributed by atoms with Crippen LogP contribution in [-0.2, 0) is 33.1 Å². The standard InChI is InChI=1S/C48H82O7S2/c1-3-5-7-9-11-13-15-17-19-21-23-25-27-29-31-33-35-43-37-39-47(56(49,50)51)45(41-43)55-46-42-44(38-40-48(46)57(52,53)54)36-34-32-30-28-26-24-22-20-18-16-14-12-10-8-6-4-2/h37-42H,3-36H2,1-2H3,(H,49,50,51)(H,52,53,54). The lowest BCUT2D eigenvalue weighted by Gasteiger charge is -2.15. The van der Waals surface area contributed by atoms with Gasteiger partial charge >= 0.3 is 0 Å². The number of hydrogen-bond acceptors (Lipinski definition) is 5. The van der Waals surface area contributed by atoms with Crippen LogP contribution in [0.4, 0.5) is 0 Å². The lowest BCUT2D eigenvalue weighted by atomic mass is 10.0. The van der Waals surface area contributed by atoms with E-state index in [2.05, 4.69) is 13.8 Å².